The highest BCUT2D eigenvalue weighted by molar-refractivity contribution is 7.26. The highest BCUT2D eigenvalue weighted by Gasteiger charge is 2.23. The molecule has 8 aromatic carbocycles. The van der Waals surface area contributed by atoms with Crippen LogP contribution in [0.3, 0.4) is 0 Å². The maximum absolute atomic E-state index is 10.1. The number of para-hydroxylation sites is 1. The molecule has 3 heteroatoms. The highest BCUT2D eigenvalue weighted by Crippen LogP contribution is 2.48. The van der Waals surface area contributed by atoms with Crippen molar-refractivity contribution in [1.29, 1.82) is 0 Å². The standard InChI is InChI=1S/C46H29NOS/c1-2-13-30(14-3-1)34-18-6-8-23-40(34)47(41-24-12-25-42-44(41)39-28-27-31-15-4-5-19-35(31)45(39)48-42)33-17-10-16-32(29-33)36-21-11-22-38-37-20-7-9-26-43(37)49-46(36)38/h1-29H/i6D,8D,10D,16D,17D,18D,23D,29D. The summed E-state index contributed by atoms with van der Waals surface area (Å²) in [5.41, 5.74) is 2.75. The van der Waals surface area contributed by atoms with Crippen molar-refractivity contribution in [2.45, 2.75) is 0 Å². The number of hydrogen-bond acceptors (Lipinski definition) is 3. The zero-order valence-corrected chi connectivity index (χ0v) is 26.7. The lowest BCUT2D eigenvalue weighted by Crippen LogP contribution is -2.11. The van der Waals surface area contributed by atoms with Gasteiger partial charge in [0.25, 0.3) is 0 Å². The quantitative estimate of drug-likeness (QED) is 0.184. The predicted octanol–water partition coefficient (Wildman–Crippen LogP) is 13.9. The van der Waals surface area contributed by atoms with Crippen LogP contribution in [0.2, 0.25) is 0 Å². The molecule has 0 spiro atoms. The summed E-state index contributed by atoms with van der Waals surface area (Å²) in [5, 5.41) is 5.14. The van der Waals surface area contributed by atoms with Gasteiger partial charge in [-0.2, -0.15) is 0 Å². The summed E-state index contributed by atoms with van der Waals surface area (Å²) >= 11 is 1.53. The Morgan fingerprint density at radius 2 is 1.33 bits per heavy atom. The fourth-order valence-electron chi connectivity index (χ4n) is 6.89. The van der Waals surface area contributed by atoms with Gasteiger partial charge in [0.1, 0.15) is 11.2 Å². The van der Waals surface area contributed by atoms with E-state index in [0.29, 0.717) is 33.4 Å². The van der Waals surface area contributed by atoms with E-state index in [1.165, 1.54) is 16.2 Å². The lowest BCUT2D eigenvalue weighted by molar-refractivity contribution is 0.672. The summed E-state index contributed by atoms with van der Waals surface area (Å²) < 4.78 is 83.3. The summed E-state index contributed by atoms with van der Waals surface area (Å²) in [6.07, 6.45) is 0. The third-order valence-electron chi connectivity index (χ3n) is 9.07. The molecule has 2 nitrogen and oxygen atoms in total. The fraction of sp³-hybridized carbons (Fsp3) is 0. The SMILES string of the molecule is [2H]c1c([2H])c([2H])c(N(c2c([2H])c([2H])c([2H])c(-c3cccc4c3sc3ccccc34)c2[2H])c2cccc3oc4c5ccccc5ccc4c23)c(-c2ccccc2)c1[2H]. The second-order valence-electron chi connectivity index (χ2n) is 11.8. The molecular weight excluding hydrogens is 615 g/mol. The van der Waals surface area contributed by atoms with Crippen LogP contribution < -0.4 is 4.90 Å². The van der Waals surface area contributed by atoms with Gasteiger partial charge in [0, 0.05) is 42.2 Å². The average molecular weight is 652 g/mol. The maximum atomic E-state index is 10.1. The summed E-state index contributed by atoms with van der Waals surface area (Å²) in [4.78, 5) is 1.53. The maximum Gasteiger partial charge on any atom is 0.143 e. The molecule has 2 heterocycles. The summed E-state index contributed by atoms with van der Waals surface area (Å²) in [5.74, 6) is 0. The molecule has 2 aromatic heterocycles. The van der Waals surface area contributed by atoms with E-state index in [9.17, 15) is 8.22 Å². The third-order valence-corrected chi connectivity index (χ3v) is 10.3. The minimum Gasteiger partial charge on any atom is -0.455 e. The first-order valence-corrected chi connectivity index (χ1v) is 16.8. The van der Waals surface area contributed by atoms with Gasteiger partial charge in [-0.15, -0.1) is 11.3 Å². The average Bonchev–Trinajstić information content (AvgIpc) is 3.82. The molecule has 10 rings (SSSR count). The van der Waals surface area contributed by atoms with E-state index in [1.54, 1.807) is 36.4 Å². The van der Waals surface area contributed by atoms with Gasteiger partial charge in [-0.05, 0) is 64.5 Å². The summed E-state index contributed by atoms with van der Waals surface area (Å²) in [6, 6.07) is 36.8. The van der Waals surface area contributed by atoms with Gasteiger partial charge in [0.2, 0.25) is 0 Å². The predicted molar refractivity (Wildman–Crippen MR) is 210 cm³/mol. The third kappa shape index (κ3) is 4.47. The van der Waals surface area contributed by atoms with Gasteiger partial charge < -0.3 is 9.32 Å². The molecule has 230 valence electrons. The van der Waals surface area contributed by atoms with E-state index >= 15 is 0 Å². The number of rotatable bonds is 5. The lowest BCUT2D eigenvalue weighted by atomic mass is 9.99. The first-order valence-electron chi connectivity index (χ1n) is 20.0. The van der Waals surface area contributed by atoms with Crippen molar-refractivity contribution >= 4 is 81.3 Å². The van der Waals surface area contributed by atoms with Crippen LogP contribution >= 0.6 is 11.3 Å². The molecule has 0 fully saturated rings. The smallest absolute Gasteiger partial charge is 0.143 e. The molecule has 49 heavy (non-hydrogen) atoms. The number of nitrogens with zero attached hydrogens (tertiary/aromatic N) is 1. The molecule has 0 aliphatic heterocycles. The molecule has 0 aliphatic rings. The molecule has 0 N–H and O–H groups in total. The van der Waals surface area contributed by atoms with E-state index < -0.39 is 30.2 Å². The molecule has 0 unspecified atom stereocenters. The zero-order chi connectivity index (χ0) is 39.3. The topological polar surface area (TPSA) is 16.4 Å². The summed E-state index contributed by atoms with van der Waals surface area (Å²) in [6.45, 7) is 0. The van der Waals surface area contributed by atoms with Crippen LogP contribution in [0.1, 0.15) is 11.0 Å². The Labute approximate surface area is 299 Å². The van der Waals surface area contributed by atoms with E-state index in [-0.39, 0.29) is 40.6 Å². The Balaban J connectivity index is 1.39. The van der Waals surface area contributed by atoms with Crippen LogP contribution in [0.15, 0.2) is 180 Å². The number of fused-ring (bicyclic) bond motifs is 8. The van der Waals surface area contributed by atoms with Crippen molar-refractivity contribution in [3.63, 3.8) is 0 Å². The Morgan fingerprint density at radius 3 is 2.27 bits per heavy atom. The van der Waals surface area contributed by atoms with Crippen molar-refractivity contribution in [2.75, 3.05) is 4.90 Å². The molecule has 0 aliphatic carbocycles. The number of furan rings is 1. The van der Waals surface area contributed by atoms with E-state index in [4.69, 9.17) is 7.16 Å². The second kappa shape index (κ2) is 11.2. The van der Waals surface area contributed by atoms with Crippen molar-refractivity contribution in [1.82, 2.24) is 0 Å². The number of thiophene rings is 1. The molecule has 0 radical (unpaired) electrons. The minimum atomic E-state index is -0.494. The van der Waals surface area contributed by atoms with Gasteiger partial charge in [-0.25, -0.2) is 0 Å². The minimum absolute atomic E-state index is 0.00000881. The summed E-state index contributed by atoms with van der Waals surface area (Å²) in [7, 11) is 0. The van der Waals surface area contributed by atoms with Gasteiger partial charge in [0.05, 0.1) is 27.7 Å². The van der Waals surface area contributed by atoms with Crippen LogP contribution in [0.4, 0.5) is 17.1 Å². The van der Waals surface area contributed by atoms with Crippen LogP contribution in [-0.2, 0) is 0 Å². The molecule has 0 saturated heterocycles. The van der Waals surface area contributed by atoms with Crippen LogP contribution in [0, 0.1) is 0 Å². The van der Waals surface area contributed by atoms with Crippen LogP contribution in [0.25, 0.3) is 75.1 Å². The fourth-order valence-corrected chi connectivity index (χ4v) is 8.11. The molecule has 10 aromatic rings. The Bertz CT molecular complexity index is 3300. The van der Waals surface area contributed by atoms with Crippen molar-refractivity contribution in [3.8, 4) is 22.3 Å². The number of hydrogen-bond donors (Lipinski definition) is 0. The molecular formula is C46H29NOS. The van der Waals surface area contributed by atoms with E-state index in [1.807, 2.05) is 91.0 Å². The van der Waals surface area contributed by atoms with E-state index in [0.717, 1.165) is 36.3 Å². The molecule has 0 amide bonds. The van der Waals surface area contributed by atoms with Crippen LogP contribution in [-0.4, -0.2) is 0 Å². The monoisotopic (exact) mass is 651 g/mol. The van der Waals surface area contributed by atoms with Gasteiger partial charge in [-0.3, -0.25) is 0 Å². The first kappa shape index (κ1) is 20.9. The van der Waals surface area contributed by atoms with Crippen LogP contribution in [0.5, 0.6) is 0 Å². The van der Waals surface area contributed by atoms with Gasteiger partial charge in [-0.1, -0.05) is 133 Å². The molecule has 0 atom stereocenters. The molecule has 0 saturated carbocycles. The van der Waals surface area contributed by atoms with Gasteiger partial charge >= 0.3 is 0 Å². The normalized spacial score (nSPS) is 14.0. The largest absolute Gasteiger partial charge is 0.455 e. The lowest BCUT2D eigenvalue weighted by Gasteiger charge is -2.29. The van der Waals surface area contributed by atoms with Gasteiger partial charge in [0.15, 0.2) is 0 Å². The highest BCUT2D eigenvalue weighted by atomic mass is 32.1. The second-order valence-corrected chi connectivity index (χ2v) is 12.9. The van der Waals surface area contributed by atoms with Crippen molar-refractivity contribution < 1.29 is 15.4 Å². The Hall–Kier alpha value is -6.16. The zero-order valence-electron chi connectivity index (χ0n) is 33.9. The number of anilines is 3. The van der Waals surface area contributed by atoms with Crippen molar-refractivity contribution in [2.24, 2.45) is 0 Å². The first-order chi connectivity index (χ1) is 27.7. The van der Waals surface area contributed by atoms with E-state index in [2.05, 4.69) is 0 Å². The molecule has 0 bridgehead atoms. The number of benzene rings is 8. The Morgan fingerprint density at radius 1 is 0.531 bits per heavy atom. The van der Waals surface area contributed by atoms with Crippen molar-refractivity contribution in [3.05, 3.63) is 176 Å². The Kier molecular flexibility index (Phi) is 4.80.